The van der Waals surface area contributed by atoms with Gasteiger partial charge in [0.2, 0.25) is 10.0 Å². The topological polar surface area (TPSA) is 73.9 Å². The number of benzene rings is 2. The number of aryl methyl sites for hydroxylation is 1. The zero-order chi connectivity index (χ0) is 19.7. The van der Waals surface area contributed by atoms with Crippen LogP contribution in [0.2, 0.25) is 0 Å². The largest absolute Gasteiger partial charge is 0.493 e. The number of hydrogen-bond acceptors (Lipinski definition) is 5. The van der Waals surface area contributed by atoms with Crippen molar-refractivity contribution in [2.24, 2.45) is 0 Å². The van der Waals surface area contributed by atoms with Gasteiger partial charge in [0.05, 0.1) is 19.1 Å². The van der Waals surface area contributed by atoms with Gasteiger partial charge in [-0.15, -0.1) is 0 Å². The van der Waals surface area contributed by atoms with Crippen LogP contribution in [0.3, 0.4) is 0 Å². The van der Waals surface area contributed by atoms with Gasteiger partial charge in [-0.2, -0.15) is 0 Å². The summed E-state index contributed by atoms with van der Waals surface area (Å²) in [6, 6.07) is 10.3. The maximum atomic E-state index is 12.7. The molecule has 0 aliphatic carbocycles. The highest BCUT2D eigenvalue weighted by atomic mass is 32.2. The first-order chi connectivity index (χ1) is 12.7. The van der Waals surface area contributed by atoms with Gasteiger partial charge < -0.3 is 14.2 Å². The van der Waals surface area contributed by atoms with E-state index in [9.17, 15) is 8.42 Å². The summed E-state index contributed by atoms with van der Waals surface area (Å²) in [7, 11) is -0.533. The molecule has 1 heterocycles. The lowest BCUT2D eigenvalue weighted by Gasteiger charge is -2.32. The molecule has 0 unspecified atom stereocenters. The van der Waals surface area contributed by atoms with Crippen molar-refractivity contribution in [3.8, 4) is 17.2 Å². The summed E-state index contributed by atoms with van der Waals surface area (Å²) in [6.07, 6.45) is 1.64. The quantitative estimate of drug-likeness (QED) is 0.818. The predicted molar refractivity (Wildman–Crippen MR) is 103 cm³/mol. The molecule has 7 heteroatoms. The predicted octanol–water partition coefficient (Wildman–Crippen LogP) is 3.29. The maximum Gasteiger partial charge on any atom is 0.240 e. The summed E-state index contributed by atoms with van der Waals surface area (Å²) < 4.78 is 44.4. The first kappa shape index (κ1) is 19.5. The molecule has 146 valence electrons. The Hall–Kier alpha value is -2.25. The van der Waals surface area contributed by atoms with E-state index >= 15 is 0 Å². The van der Waals surface area contributed by atoms with Crippen LogP contribution >= 0.6 is 0 Å². The highest BCUT2D eigenvalue weighted by Crippen LogP contribution is 2.34. The number of nitrogens with one attached hydrogen (secondary N) is 1. The van der Waals surface area contributed by atoms with Crippen molar-refractivity contribution < 1.29 is 22.6 Å². The third kappa shape index (κ3) is 4.36. The standard InChI is InChI=1S/C20H25NO5S/c1-20(2)10-9-15-12-16(6-8-17(15)26-20)27(22,23)21-13-14-5-7-18(24-3)19(11-14)25-4/h5-8,11-12,21H,9-10,13H2,1-4H3. The zero-order valence-corrected chi connectivity index (χ0v) is 16.9. The van der Waals surface area contributed by atoms with Gasteiger partial charge in [0.1, 0.15) is 11.4 Å². The van der Waals surface area contributed by atoms with Crippen molar-refractivity contribution >= 4 is 10.0 Å². The summed E-state index contributed by atoms with van der Waals surface area (Å²) >= 11 is 0. The smallest absolute Gasteiger partial charge is 0.240 e. The molecule has 6 nitrogen and oxygen atoms in total. The van der Waals surface area contributed by atoms with E-state index < -0.39 is 10.0 Å². The van der Waals surface area contributed by atoms with Crippen LogP contribution in [0, 0.1) is 0 Å². The van der Waals surface area contributed by atoms with Crippen LogP contribution in [0.15, 0.2) is 41.3 Å². The second-order valence-corrected chi connectivity index (χ2v) is 8.91. The lowest BCUT2D eigenvalue weighted by Crippen LogP contribution is -2.32. The lowest BCUT2D eigenvalue weighted by atomic mass is 9.94. The van der Waals surface area contributed by atoms with Gasteiger partial charge >= 0.3 is 0 Å². The van der Waals surface area contributed by atoms with Crippen LogP contribution in [0.25, 0.3) is 0 Å². The van der Waals surface area contributed by atoms with E-state index in [1.165, 1.54) is 0 Å². The van der Waals surface area contributed by atoms with E-state index in [1.807, 2.05) is 13.8 Å². The van der Waals surface area contributed by atoms with Crippen molar-refractivity contribution in [3.05, 3.63) is 47.5 Å². The highest BCUT2D eigenvalue weighted by Gasteiger charge is 2.27. The van der Waals surface area contributed by atoms with Crippen LogP contribution in [-0.4, -0.2) is 28.2 Å². The summed E-state index contributed by atoms with van der Waals surface area (Å²) in [4.78, 5) is 0.241. The average Bonchev–Trinajstić information content (AvgIpc) is 2.65. The molecular weight excluding hydrogens is 366 g/mol. The molecular formula is C20H25NO5S. The van der Waals surface area contributed by atoms with Gasteiger partial charge in [-0.05, 0) is 68.1 Å². The fraction of sp³-hybridized carbons (Fsp3) is 0.400. The average molecular weight is 391 g/mol. The Balaban J connectivity index is 1.76. The molecule has 0 bridgehead atoms. The SMILES string of the molecule is COc1ccc(CNS(=O)(=O)c2ccc3c(c2)CCC(C)(C)O3)cc1OC. The number of sulfonamides is 1. The molecule has 1 aliphatic heterocycles. The molecule has 2 aromatic rings. The number of fused-ring (bicyclic) bond motifs is 1. The van der Waals surface area contributed by atoms with E-state index in [0.717, 1.165) is 29.7 Å². The van der Waals surface area contributed by atoms with Gasteiger partial charge in [-0.3, -0.25) is 0 Å². The minimum atomic E-state index is -3.63. The lowest BCUT2D eigenvalue weighted by molar-refractivity contribution is 0.0845. The number of ether oxygens (including phenoxy) is 3. The van der Waals surface area contributed by atoms with Gasteiger partial charge in [0, 0.05) is 6.54 Å². The fourth-order valence-corrected chi connectivity index (χ4v) is 4.12. The van der Waals surface area contributed by atoms with Gasteiger partial charge in [0.25, 0.3) is 0 Å². The molecule has 0 radical (unpaired) electrons. The maximum absolute atomic E-state index is 12.7. The molecule has 27 heavy (non-hydrogen) atoms. The van der Waals surface area contributed by atoms with E-state index in [0.29, 0.717) is 11.5 Å². The number of hydrogen-bond donors (Lipinski definition) is 1. The summed E-state index contributed by atoms with van der Waals surface area (Å²) in [5, 5.41) is 0. The van der Waals surface area contributed by atoms with Crippen molar-refractivity contribution in [1.29, 1.82) is 0 Å². The van der Waals surface area contributed by atoms with Gasteiger partial charge in [0.15, 0.2) is 11.5 Å². The molecule has 0 amide bonds. The summed E-state index contributed by atoms with van der Waals surface area (Å²) in [5.74, 6) is 1.91. The van der Waals surface area contributed by atoms with Crippen molar-refractivity contribution in [1.82, 2.24) is 4.72 Å². The van der Waals surface area contributed by atoms with Crippen molar-refractivity contribution in [2.45, 2.75) is 43.7 Å². The summed E-state index contributed by atoms with van der Waals surface area (Å²) in [5.41, 5.74) is 1.47. The second kappa shape index (κ2) is 7.40. The molecule has 0 atom stereocenters. The first-order valence-electron chi connectivity index (χ1n) is 8.76. The Kier molecular flexibility index (Phi) is 5.35. The molecule has 0 saturated carbocycles. The molecule has 0 fully saturated rings. The van der Waals surface area contributed by atoms with Crippen molar-refractivity contribution in [2.75, 3.05) is 14.2 Å². The molecule has 0 saturated heterocycles. The van der Waals surface area contributed by atoms with Crippen LogP contribution in [0.4, 0.5) is 0 Å². The Bertz CT molecular complexity index is 937. The van der Waals surface area contributed by atoms with Crippen LogP contribution in [-0.2, 0) is 23.0 Å². The second-order valence-electron chi connectivity index (χ2n) is 7.15. The Morgan fingerprint density at radius 2 is 1.81 bits per heavy atom. The van der Waals surface area contributed by atoms with E-state index in [-0.39, 0.29) is 17.0 Å². The molecule has 1 N–H and O–H groups in total. The Morgan fingerprint density at radius 1 is 1.07 bits per heavy atom. The number of rotatable bonds is 6. The highest BCUT2D eigenvalue weighted by molar-refractivity contribution is 7.89. The summed E-state index contributed by atoms with van der Waals surface area (Å²) in [6.45, 7) is 4.22. The van der Waals surface area contributed by atoms with Gasteiger partial charge in [-0.1, -0.05) is 6.07 Å². The molecule has 3 rings (SSSR count). The molecule has 0 spiro atoms. The fourth-order valence-electron chi connectivity index (χ4n) is 3.05. The normalized spacial score (nSPS) is 15.6. The van der Waals surface area contributed by atoms with Crippen molar-refractivity contribution in [3.63, 3.8) is 0 Å². The third-order valence-corrected chi connectivity index (χ3v) is 6.04. The molecule has 2 aromatic carbocycles. The monoisotopic (exact) mass is 391 g/mol. The number of methoxy groups -OCH3 is 2. The zero-order valence-electron chi connectivity index (χ0n) is 16.0. The minimum absolute atomic E-state index is 0.156. The van der Waals surface area contributed by atoms with Gasteiger partial charge in [-0.25, -0.2) is 13.1 Å². The minimum Gasteiger partial charge on any atom is -0.493 e. The molecule has 0 aromatic heterocycles. The first-order valence-corrected chi connectivity index (χ1v) is 10.2. The van der Waals surface area contributed by atoms with E-state index in [1.54, 1.807) is 50.6 Å². The van der Waals surface area contributed by atoms with Crippen LogP contribution in [0.5, 0.6) is 17.2 Å². The van der Waals surface area contributed by atoms with Crippen LogP contribution < -0.4 is 18.9 Å². The van der Waals surface area contributed by atoms with Crippen LogP contribution in [0.1, 0.15) is 31.4 Å². The van der Waals surface area contributed by atoms with E-state index in [2.05, 4.69) is 4.72 Å². The Labute approximate surface area is 160 Å². The third-order valence-electron chi connectivity index (χ3n) is 4.64. The Morgan fingerprint density at radius 3 is 2.52 bits per heavy atom. The van der Waals surface area contributed by atoms with E-state index in [4.69, 9.17) is 14.2 Å². The molecule has 1 aliphatic rings.